The normalized spacial score (nSPS) is 13.7. The minimum atomic E-state index is -0.210. The van der Waals surface area contributed by atoms with Crippen LogP contribution in [0.5, 0.6) is 0 Å². The van der Waals surface area contributed by atoms with Gasteiger partial charge in [-0.25, -0.2) is 4.98 Å². The zero-order valence-electron chi connectivity index (χ0n) is 28.8. The summed E-state index contributed by atoms with van der Waals surface area (Å²) in [7, 11) is 0. The van der Waals surface area contributed by atoms with E-state index in [1.165, 1.54) is 76.8 Å². The largest absolute Gasteiger partial charge is 0.309 e. The highest BCUT2D eigenvalue weighted by Gasteiger charge is 2.36. The minimum absolute atomic E-state index is 0.210. The molecule has 4 heterocycles. The van der Waals surface area contributed by atoms with Crippen LogP contribution in [0.1, 0.15) is 25.0 Å². The fourth-order valence-corrected chi connectivity index (χ4v) is 9.47. The fraction of sp³-hybridized carbons (Fsp3) is 0.0625. The maximum absolute atomic E-state index is 5.22. The molecule has 0 radical (unpaired) electrons. The minimum Gasteiger partial charge on any atom is -0.309 e. The quantitative estimate of drug-likeness (QED) is 0.181. The summed E-state index contributed by atoms with van der Waals surface area (Å²) in [5, 5.41) is 7.45. The standard InChI is InChI=1S/C48H32N4/c1-48(2)38-27-29(50-41-19-9-5-13-33(41)34-14-6-10-20-42(34)50)23-25-31(38)32-26-24-30(28-39(32)48)51-43-21-11-7-17-37(43)45-35-15-3-4-16-36(35)46-49-40-18-8-12-22-44(40)52(46)47(45)51/h3-28H,1-2H3. The molecule has 0 bridgehead atoms. The number of para-hydroxylation sites is 5. The Morgan fingerprint density at radius 2 is 0.923 bits per heavy atom. The number of fused-ring (bicyclic) bond motifs is 16. The Balaban J connectivity index is 1.12. The topological polar surface area (TPSA) is 27.2 Å². The van der Waals surface area contributed by atoms with E-state index in [0.29, 0.717) is 0 Å². The van der Waals surface area contributed by atoms with Crippen molar-refractivity contribution in [1.82, 2.24) is 18.5 Å². The number of imidazole rings is 1. The Kier molecular flexibility index (Phi) is 5.28. The highest BCUT2D eigenvalue weighted by molar-refractivity contribution is 6.24. The van der Waals surface area contributed by atoms with Crippen molar-refractivity contribution < 1.29 is 0 Å². The molecular weight excluding hydrogens is 633 g/mol. The zero-order chi connectivity index (χ0) is 34.3. The van der Waals surface area contributed by atoms with Gasteiger partial charge in [0.25, 0.3) is 0 Å². The Bertz CT molecular complexity index is 3280. The van der Waals surface area contributed by atoms with Gasteiger partial charge in [0, 0.05) is 43.7 Å². The van der Waals surface area contributed by atoms with Gasteiger partial charge in [-0.3, -0.25) is 8.97 Å². The molecule has 4 nitrogen and oxygen atoms in total. The molecule has 0 saturated carbocycles. The first kappa shape index (κ1) is 28.1. The van der Waals surface area contributed by atoms with E-state index in [1.807, 2.05) is 0 Å². The SMILES string of the molecule is CC1(C)c2cc(-n3c4ccccc4c4ccccc43)ccc2-c2ccc(-n3c4ccccc4c4c5ccccc5c5nc6ccccc6n5c43)cc21. The first-order valence-corrected chi connectivity index (χ1v) is 18.1. The smallest absolute Gasteiger partial charge is 0.147 e. The molecule has 244 valence electrons. The Labute approximate surface area is 299 Å². The van der Waals surface area contributed by atoms with E-state index < -0.39 is 0 Å². The summed E-state index contributed by atoms with van der Waals surface area (Å²) in [6, 6.07) is 57.8. The van der Waals surface area contributed by atoms with Crippen LogP contribution in [-0.2, 0) is 5.41 Å². The first-order chi connectivity index (χ1) is 25.6. The van der Waals surface area contributed by atoms with E-state index in [4.69, 9.17) is 4.98 Å². The van der Waals surface area contributed by atoms with Crippen molar-refractivity contribution in [3.05, 3.63) is 169 Å². The van der Waals surface area contributed by atoms with Gasteiger partial charge in [0.2, 0.25) is 0 Å². The van der Waals surface area contributed by atoms with Crippen molar-refractivity contribution in [2.75, 3.05) is 0 Å². The third-order valence-corrected chi connectivity index (χ3v) is 11.8. The van der Waals surface area contributed by atoms with Gasteiger partial charge in [0.05, 0.1) is 27.6 Å². The van der Waals surface area contributed by atoms with Crippen molar-refractivity contribution in [1.29, 1.82) is 0 Å². The maximum atomic E-state index is 5.22. The molecule has 0 N–H and O–H groups in total. The number of benzene rings is 7. The van der Waals surface area contributed by atoms with Crippen LogP contribution in [0.15, 0.2) is 158 Å². The number of hydrogen-bond acceptors (Lipinski definition) is 1. The van der Waals surface area contributed by atoms with Gasteiger partial charge in [-0.05, 0) is 82.2 Å². The predicted octanol–water partition coefficient (Wildman–Crippen LogP) is 12.1. The summed E-state index contributed by atoms with van der Waals surface area (Å²) in [5.41, 5.74) is 15.4. The molecule has 0 fully saturated rings. The van der Waals surface area contributed by atoms with E-state index in [9.17, 15) is 0 Å². The number of nitrogens with zero attached hydrogens (tertiary/aromatic N) is 4. The van der Waals surface area contributed by atoms with E-state index in [1.54, 1.807) is 0 Å². The summed E-state index contributed by atoms with van der Waals surface area (Å²) in [4.78, 5) is 5.22. The van der Waals surface area contributed by atoms with Gasteiger partial charge in [-0.2, -0.15) is 0 Å². The van der Waals surface area contributed by atoms with Crippen LogP contribution in [0.4, 0.5) is 0 Å². The Hall–Kier alpha value is -6.65. The summed E-state index contributed by atoms with van der Waals surface area (Å²) >= 11 is 0. The Morgan fingerprint density at radius 3 is 1.56 bits per heavy atom. The number of hydrogen-bond donors (Lipinski definition) is 0. The molecule has 0 aliphatic heterocycles. The molecule has 1 aliphatic rings. The predicted molar refractivity (Wildman–Crippen MR) is 216 cm³/mol. The van der Waals surface area contributed by atoms with Gasteiger partial charge in [-0.1, -0.05) is 117 Å². The van der Waals surface area contributed by atoms with Crippen LogP contribution in [0.25, 0.3) is 93.7 Å². The Morgan fingerprint density at radius 1 is 0.442 bits per heavy atom. The molecule has 0 spiro atoms. The van der Waals surface area contributed by atoms with E-state index in [0.717, 1.165) is 28.0 Å². The molecule has 0 amide bonds. The van der Waals surface area contributed by atoms with Crippen LogP contribution in [0.3, 0.4) is 0 Å². The van der Waals surface area contributed by atoms with E-state index in [-0.39, 0.29) is 5.41 Å². The zero-order valence-corrected chi connectivity index (χ0v) is 28.8. The van der Waals surface area contributed by atoms with Crippen LogP contribution in [0, 0.1) is 0 Å². The summed E-state index contributed by atoms with van der Waals surface area (Å²) in [5.74, 6) is 0. The first-order valence-electron chi connectivity index (χ1n) is 18.1. The third kappa shape index (κ3) is 3.44. The van der Waals surface area contributed by atoms with Gasteiger partial charge in [0.1, 0.15) is 11.3 Å². The molecule has 7 aromatic carbocycles. The molecular formula is C48H32N4. The highest BCUT2D eigenvalue weighted by Crippen LogP contribution is 2.51. The fourth-order valence-electron chi connectivity index (χ4n) is 9.47. The summed E-state index contributed by atoms with van der Waals surface area (Å²) in [6.07, 6.45) is 0. The lowest BCUT2D eigenvalue weighted by Gasteiger charge is -2.23. The van der Waals surface area contributed by atoms with Crippen molar-refractivity contribution in [2.45, 2.75) is 19.3 Å². The number of pyridine rings is 1. The highest BCUT2D eigenvalue weighted by atomic mass is 15.1. The molecule has 4 heteroatoms. The molecule has 52 heavy (non-hydrogen) atoms. The monoisotopic (exact) mass is 664 g/mol. The third-order valence-electron chi connectivity index (χ3n) is 11.8. The van der Waals surface area contributed by atoms with Crippen LogP contribution >= 0.6 is 0 Å². The summed E-state index contributed by atoms with van der Waals surface area (Å²) in [6.45, 7) is 4.77. The molecule has 4 aromatic heterocycles. The van der Waals surface area contributed by atoms with E-state index >= 15 is 0 Å². The lowest BCUT2D eigenvalue weighted by Crippen LogP contribution is -2.16. The van der Waals surface area contributed by atoms with Crippen LogP contribution in [0.2, 0.25) is 0 Å². The van der Waals surface area contributed by atoms with Crippen molar-refractivity contribution in [2.24, 2.45) is 0 Å². The van der Waals surface area contributed by atoms with Gasteiger partial charge < -0.3 is 4.57 Å². The number of aromatic nitrogens is 4. The van der Waals surface area contributed by atoms with Crippen molar-refractivity contribution in [3.8, 4) is 22.5 Å². The van der Waals surface area contributed by atoms with Crippen LogP contribution in [-0.4, -0.2) is 18.5 Å². The second-order valence-corrected chi connectivity index (χ2v) is 14.8. The molecule has 0 atom stereocenters. The van der Waals surface area contributed by atoms with Crippen molar-refractivity contribution in [3.63, 3.8) is 0 Å². The van der Waals surface area contributed by atoms with Gasteiger partial charge >= 0.3 is 0 Å². The average molecular weight is 665 g/mol. The molecule has 0 unspecified atom stereocenters. The molecule has 12 rings (SSSR count). The lowest BCUT2D eigenvalue weighted by molar-refractivity contribution is 0.659. The second-order valence-electron chi connectivity index (χ2n) is 14.8. The summed E-state index contributed by atoms with van der Waals surface area (Å²) < 4.78 is 7.29. The molecule has 0 saturated heterocycles. The average Bonchev–Trinajstić information content (AvgIpc) is 3.90. The van der Waals surface area contributed by atoms with Gasteiger partial charge in [0.15, 0.2) is 0 Å². The van der Waals surface area contributed by atoms with Gasteiger partial charge in [-0.15, -0.1) is 0 Å². The lowest BCUT2D eigenvalue weighted by atomic mass is 9.82. The van der Waals surface area contributed by atoms with E-state index in [2.05, 4.69) is 185 Å². The van der Waals surface area contributed by atoms with Crippen molar-refractivity contribution >= 4 is 71.2 Å². The maximum Gasteiger partial charge on any atom is 0.147 e. The molecule has 11 aromatic rings. The van der Waals surface area contributed by atoms with Crippen LogP contribution < -0.4 is 0 Å². The second kappa shape index (κ2) is 9.77. The number of rotatable bonds is 2. The molecule has 1 aliphatic carbocycles.